The molecule has 1 N–H and O–H groups in total. The molecule has 1 aliphatic rings. The van der Waals surface area contributed by atoms with Crippen molar-refractivity contribution < 1.29 is 14.6 Å². The van der Waals surface area contributed by atoms with Crippen LogP contribution in [0.3, 0.4) is 0 Å². The minimum Gasteiger partial charge on any atom is -0.489 e. The average molecular weight is 381 g/mol. The number of carboxylic acids is 1. The molecule has 25 heavy (non-hydrogen) atoms. The van der Waals surface area contributed by atoms with Gasteiger partial charge in [0, 0.05) is 25.4 Å². The van der Waals surface area contributed by atoms with E-state index in [0.717, 1.165) is 19.4 Å². The van der Waals surface area contributed by atoms with E-state index in [9.17, 15) is 9.90 Å². The summed E-state index contributed by atoms with van der Waals surface area (Å²) >= 11 is 12.0. The van der Waals surface area contributed by atoms with Gasteiger partial charge >= 0.3 is 5.97 Å². The monoisotopic (exact) mass is 380 g/mol. The topological polar surface area (TPSA) is 62.7 Å². The van der Waals surface area contributed by atoms with E-state index in [1.807, 2.05) is 0 Å². The largest absolute Gasteiger partial charge is 0.489 e. The van der Waals surface area contributed by atoms with E-state index in [4.69, 9.17) is 27.9 Å². The third-order valence-electron chi connectivity index (χ3n) is 4.15. The molecule has 0 saturated carbocycles. The number of nitrogens with zero attached hydrogens (tertiary/aromatic N) is 2. The number of hydrogen-bond acceptors (Lipinski definition) is 4. The van der Waals surface area contributed by atoms with Gasteiger partial charge in [-0.3, -0.25) is 9.88 Å². The summed E-state index contributed by atoms with van der Waals surface area (Å²) < 4.78 is 6.02. The minimum absolute atomic E-state index is 0.0167. The van der Waals surface area contributed by atoms with Gasteiger partial charge in [0.15, 0.2) is 0 Å². The van der Waals surface area contributed by atoms with Crippen LogP contribution < -0.4 is 4.74 Å². The first-order valence-corrected chi connectivity index (χ1v) is 8.80. The highest BCUT2D eigenvalue weighted by atomic mass is 35.5. The predicted molar refractivity (Wildman–Crippen MR) is 96.6 cm³/mol. The molecule has 7 heteroatoms. The van der Waals surface area contributed by atoms with Crippen LogP contribution in [0.2, 0.25) is 10.0 Å². The Kier molecular flexibility index (Phi) is 5.78. The zero-order valence-corrected chi connectivity index (χ0v) is 15.0. The Balaban J connectivity index is 1.65. The number of aromatic carboxylic acids is 1. The van der Waals surface area contributed by atoms with Crippen molar-refractivity contribution in [3.8, 4) is 5.75 Å². The standard InChI is InChI=1S/C18H18Cl2N2O3/c19-15-6-5-12(9-16(15)20)25-13-3-2-8-22(10-13)11-17-14(18(23)24)4-1-7-21-17/h1,4-7,9,13H,2-3,8,10-11H2,(H,23,24). The van der Waals surface area contributed by atoms with E-state index in [-0.39, 0.29) is 11.7 Å². The van der Waals surface area contributed by atoms with Crippen LogP contribution in [-0.4, -0.2) is 40.2 Å². The zero-order valence-electron chi connectivity index (χ0n) is 13.5. The van der Waals surface area contributed by atoms with Gasteiger partial charge in [0.1, 0.15) is 11.9 Å². The molecule has 2 heterocycles. The quantitative estimate of drug-likeness (QED) is 0.844. The molecule has 2 aromatic rings. The van der Waals surface area contributed by atoms with Crippen molar-refractivity contribution in [2.24, 2.45) is 0 Å². The van der Waals surface area contributed by atoms with Crippen LogP contribution in [0.15, 0.2) is 36.5 Å². The lowest BCUT2D eigenvalue weighted by Crippen LogP contribution is -2.41. The Morgan fingerprint density at radius 2 is 2.16 bits per heavy atom. The maximum absolute atomic E-state index is 11.3. The van der Waals surface area contributed by atoms with Gasteiger partial charge in [0.05, 0.1) is 21.3 Å². The number of halogens is 2. The van der Waals surface area contributed by atoms with Crippen molar-refractivity contribution in [2.75, 3.05) is 13.1 Å². The maximum atomic E-state index is 11.3. The van der Waals surface area contributed by atoms with E-state index < -0.39 is 5.97 Å². The second kappa shape index (κ2) is 8.04. The van der Waals surface area contributed by atoms with E-state index in [0.29, 0.717) is 34.6 Å². The molecule has 132 valence electrons. The van der Waals surface area contributed by atoms with Gasteiger partial charge in [-0.2, -0.15) is 0 Å². The highest BCUT2D eigenvalue weighted by molar-refractivity contribution is 6.42. The number of carbonyl (C=O) groups is 1. The highest BCUT2D eigenvalue weighted by Gasteiger charge is 2.23. The molecule has 1 unspecified atom stereocenters. The number of piperidine rings is 1. The van der Waals surface area contributed by atoms with Crippen LogP contribution in [0.1, 0.15) is 28.9 Å². The molecule has 1 atom stereocenters. The first-order chi connectivity index (χ1) is 12.0. The molecule has 0 bridgehead atoms. The summed E-state index contributed by atoms with van der Waals surface area (Å²) in [6, 6.07) is 8.45. The summed E-state index contributed by atoms with van der Waals surface area (Å²) in [4.78, 5) is 17.7. The molecule has 3 rings (SSSR count). The van der Waals surface area contributed by atoms with Crippen molar-refractivity contribution in [1.82, 2.24) is 9.88 Å². The van der Waals surface area contributed by atoms with Crippen LogP contribution >= 0.6 is 23.2 Å². The van der Waals surface area contributed by atoms with Gasteiger partial charge in [-0.05, 0) is 43.7 Å². The van der Waals surface area contributed by atoms with Crippen LogP contribution in [0.5, 0.6) is 5.75 Å². The average Bonchev–Trinajstić information content (AvgIpc) is 2.59. The molecule has 0 spiro atoms. The molecular weight excluding hydrogens is 363 g/mol. The van der Waals surface area contributed by atoms with E-state index in [2.05, 4.69) is 9.88 Å². The summed E-state index contributed by atoms with van der Waals surface area (Å²) in [5.74, 6) is -0.269. The van der Waals surface area contributed by atoms with Gasteiger partial charge in [-0.1, -0.05) is 23.2 Å². The molecule has 0 amide bonds. The fraction of sp³-hybridized carbons (Fsp3) is 0.333. The molecule has 1 aromatic carbocycles. The summed E-state index contributed by atoms with van der Waals surface area (Å²) in [6.45, 7) is 2.08. The number of ether oxygens (including phenoxy) is 1. The SMILES string of the molecule is O=C(O)c1cccnc1CN1CCCC(Oc2ccc(Cl)c(Cl)c2)C1. The maximum Gasteiger partial charge on any atom is 0.337 e. The number of pyridine rings is 1. The van der Waals surface area contributed by atoms with Crippen LogP contribution in [0, 0.1) is 0 Å². The number of aromatic nitrogens is 1. The third kappa shape index (κ3) is 4.63. The predicted octanol–water partition coefficient (Wildman–Crippen LogP) is 4.13. The van der Waals surface area contributed by atoms with Crippen molar-refractivity contribution in [2.45, 2.75) is 25.5 Å². The molecule has 0 aliphatic carbocycles. The Bertz CT molecular complexity index is 770. The Hall–Kier alpha value is -1.82. The van der Waals surface area contributed by atoms with E-state index in [1.165, 1.54) is 0 Å². The molecular formula is C18H18Cl2N2O3. The van der Waals surface area contributed by atoms with E-state index in [1.54, 1.807) is 36.5 Å². The Labute approximate surface area is 156 Å². The highest BCUT2D eigenvalue weighted by Crippen LogP contribution is 2.28. The van der Waals surface area contributed by atoms with Crippen molar-refractivity contribution in [1.29, 1.82) is 0 Å². The summed E-state index contributed by atoms with van der Waals surface area (Å²) in [6.07, 6.45) is 3.55. The molecule has 1 saturated heterocycles. The number of carboxylic acid groups (broad SMARTS) is 1. The fourth-order valence-corrected chi connectivity index (χ4v) is 3.25. The zero-order chi connectivity index (χ0) is 17.8. The number of hydrogen-bond donors (Lipinski definition) is 1. The van der Waals surface area contributed by atoms with Crippen LogP contribution in [-0.2, 0) is 6.54 Å². The van der Waals surface area contributed by atoms with Crippen molar-refractivity contribution in [3.05, 3.63) is 57.8 Å². The van der Waals surface area contributed by atoms with Gasteiger partial charge in [0.2, 0.25) is 0 Å². The number of likely N-dealkylation sites (tertiary alicyclic amines) is 1. The molecule has 1 aromatic heterocycles. The second-order valence-corrected chi connectivity index (χ2v) is 6.81. The Morgan fingerprint density at radius 3 is 2.92 bits per heavy atom. The third-order valence-corrected chi connectivity index (χ3v) is 4.89. The first-order valence-electron chi connectivity index (χ1n) is 8.04. The molecule has 1 fully saturated rings. The van der Waals surface area contributed by atoms with Crippen LogP contribution in [0.4, 0.5) is 0 Å². The number of rotatable bonds is 5. The molecule has 5 nitrogen and oxygen atoms in total. The molecule has 1 aliphatic heterocycles. The van der Waals surface area contributed by atoms with Gasteiger partial charge < -0.3 is 9.84 Å². The van der Waals surface area contributed by atoms with Gasteiger partial charge in [-0.25, -0.2) is 4.79 Å². The number of benzene rings is 1. The van der Waals surface area contributed by atoms with Crippen molar-refractivity contribution >= 4 is 29.2 Å². The fourth-order valence-electron chi connectivity index (χ4n) is 2.97. The van der Waals surface area contributed by atoms with Crippen molar-refractivity contribution in [3.63, 3.8) is 0 Å². The summed E-state index contributed by atoms with van der Waals surface area (Å²) in [7, 11) is 0. The first kappa shape index (κ1) is 18.0. The van der Waals surface area contributed by atoms with Gasteiger partial charge in [-0.15, -0.1) is 0 Å². The summed E-state index contributed by atoms with van der Waals surface area (Å²) in [5.41, 5.74) is 0.820. The second-order valence-electron chi connectivity index (χ2n) is 6.00. The lowest BCUT2D eigenvalue weighted by atomic mass is 10.1. The van der Waals surface area contributed by atoms with Gasteiger partial charge in [0.25, 0.3) is 0 Å². The summed E-state index contributed by atoms with van der Waals surface area (Å²) in [5, 5.41) is 10.2. The molecule has 0 radical (unpaired) electrons. The van der Waals surface area contributed by atoms with E-state index >= 15 is 0 Å². The minimum atomic E-state index is -0.955. The lowest BCUT2D eigenvalue weighted by Gasteiger charge is -2.32. The smallest absolute Gasteiger partial charge is 0.337 e. The normalized spacial score (nSPS) is 18.1. The Morgan fingerprint density at radius 1 is 1.32 bits per heavy atom. The van der Waals surface area contributed by atoms with Crippen LogP contribution in [0.25, 0.3) is 0 Å². The lowest BCUT2D eigenvalue weighted by molar-refractivity contribution is 0.0686.